The van der Waals surface area contributed by atoms with Crippen LogP contribution in [0.15, 0.2) is 0 Å². The quantitative estimate of drug-likeness (QED) is 0.490. The molecule has 0 aromatic heterocycles. The second-order valence-electron chi connectivity index (χ2n) is 2.52. The molecule has 3 atom stereocenters. The summed E-state index contributed by atoms with van der Waals surface area (Å²) in [6.45, 7) is 4.18. The summed E-state index contributed by atoms with van der Waals surface area (Å²) in [5.74, 6) is 0. The summed E-state index contributed by atoms with van der Waals surface area (Å²) in [6, 6.07) is 0. The molecule has 0 radical (unpaired) electrons. The molecule has 1 aliphatic heterocycles. The highest BCUT2D eigenvalue weighted by atomic mass is 31.1. The van der Waals surface area contributed by atoms with Gasteiger partial charge in [-0.1, -0.05) is 0 Å². The SMILES string of the molecule is CC1CC[C@H](C)OPO1. The van der Waals surface area contributed by atoms with Crippen LogP contribution in [0.2, 0.25) is 0 Å². The van der Waals surface area contributed by atoms with Gasteiger partial charge in [-0.05, 0) is 26.7 Å². The summed E-state index contributed by atoms with van der Waals surface area (Å²) in [7, 11) is 0.255. The smallest absolute Gasteiger partial charge is 0.155 e. The minimum atomic E-state index is 0.255. The first kappa shape index (κ1) is 7.46. The molecule has 9 heavy (non-hydrogen) atoms. The molecule has 0 N–H and O–H groups in total. The van der Waals surface area contributed by atoms with Crippen LogP contribution in [0.1, 0.15) is 26.7 Å². The third kappa shape index (κ3) is 2.61. The lowest BCUT2D eigenvalue weighted by Crippen LogP contribution is -2.03. The minimum Gasteiger partial charge on any atom is -0.333 e. The maximum atomic E-state index is 5.28. The van der Waals surface area contributed by atoms with Gasteiger partial charge in [0.1, 0.15) is 0 Å². The lowest BCUT2D eigenvalue weighted by molar-refractivity contribution is 0.222. The van der Waals surface area contributed by atoms with Gasteiger partial charge in [0, 0.05) is 0 Å². The van der Waals surface area contributed by atoms with E-state index in [0.717, 1.165) is 12.8 Å². The Kier molecular flexibility index (Phi) is 2.90. The van der Waals surface area contributed by atoms with E-state index in [1.807, 2.05) is 0 Å². The van der Waals surface area contributed by atoms with Crippen LogP contribution in [0, 0.1) is 0 Å². The lowest BCUT2D eigenvalue weighted by atomic mass is 10.1. The fourth-order valence-electron chi connectivity index (χ4n) is 0.779. The van der Waals surface area contributed by atoms with Crippen LogP contribution >= 0.6 is 9.03 Å². The van der Waals surface area contributed by atoms with Gasteiger partial charge in [-0.2, -0.15) is 0 Å². The van der Waals surface area contributed by atoms with Gasteiger partial charge < -0.3 is 9.05 Å². The Hall–Kier alpha value is 0.350. The van der Waals surface area contributed by atoms with Crippen molar-refractivity contribution in [2.45, 2.75) is 38.9 Å². The predicted molar refractivity (Wildman–Crippen MR) is 38.6 cm³/mol. The van der Waals surface area contributed by atoms with E-state index in [-0.39, 0.29) is 9.03 Å². The first-order valence-electron chi connectivity index (χ1n) is 3.35. The van der Waals surface area contributed by atoms with Crippen molar-refractivity contribution in [3.63, 3.8) is 0 Å². The molecule has 0 aliphatic carbocycles. The zero-order chi connectivity index (χ0) is 6.69. The standard InChI is InChI=1S/C6H13O2P/c1-5-3-4-6(2)8-9-7-5/h5-6,9H,3-4H2,1-2H3/t5-,6?/m0/s1. The van der Waals surface area contributed by atoms with Crippen molar-refractivity contribution in [1.82, 2.24) is 0 Å². The highest BCUT2D eigenvalue weighted by molar-refractivity contribution is 7.26. The molecular weight excluding hydrogens is 135 g/mol. The summed E-state index contributed by atoms with van der Waals surface area (Å²) < 4.78 is 10.6. The van der Waals surface area contributed by atoms with Crippen molar-refractivity contribution < 1.29 is 9.05 Å². The van der Waals surface area contributed by atoms with Crippen LogP contribution in [0.4, 0.5) is 0 Å². The van der Waals surface area contributed by atoms with Crippen molar-refractivity contribution in [1.29, 1.82) is 0 Å². The number of hydrogen-bond donors (Lipinski definition) is 0. The van der Waals surface area contributed by atoms with Crippen molar-refractivity contribution in [3.8, 4) is 0 Å². The summed E-state index contributed by atoms with van der Waals surface area (Å²) in [5, 5.41) is 0. The molecule has 0 saturated carbocycles. The third-order valence-electron chi connectivity index (χ3n) is 1.48. The predicted octanol–water partition coefficient (Wildman–Crippen LogP) is 2.10. The first-order valence-corrected chi connectivity index (χ1v) is 4.17. The van der Waals surface area contributed by atoms with E-state index in [1.54, 1.807) is 0 Å². The van der Waals surface area contributed by atoms with Gasteiger partial charge in [0.2, 0.25) is 0 Å². The van der Waals surface area contributed by atoms with Crippen LogP contribution in [0.3, 0.4) is 0 Å². The molecule has 1 aliphatic rings. The zero-order valence-corrected chi connectivity index (χ0v) is 6.89. The molecule has 2 nitrogen and oxygen atoms in total. The molecule has 0 aromatic rings. The van der Waals surface area contributed by atoms with Gasteiger partial charge in [-0.25, -0.2) is 0 Å². The highest BCUT2D eigenvalue weighted by Crippen LogP contribution is 2.27. The van der Waals surface area contributed by atoms with Crippen LogP contribution < -0.4 is 0 Å². The topological polar surface area (TPSA) is 18.5 Å². The Labute approximate surface area is 57.9 Å². The van der Waals surface area contributed by atoms with Gasteiger partial charge >= 0.3 is 0 Å². The van der Waals surface area contributed by atoms with Gasteiger partial charge in [0.15, 0.2) is 9.03 Å². The highest BCUT2D eigenvalue weighted by Gasteiger charge is 2.12. The second kappa shape index (κ2) is 3.50. The van der Waals surface area contributed by atoms with E-state index in [0.29, 0.717) is 12.2 Å². The number of rotatable bonds is 0. The zero-order valence-electron chi connectivity index (χ0n) is 5.89. The van der Waals surface area contributed by atoms with Crippen molar-refractivity contribution in [2.75, 3.05) is 0 Å². The molecule has 54 valence electrons. The van der Waals surface area contributed by atoms with Crippen LogP contribution in [0.5, 0.6) is 0 Å². The molecule has 3 heteroatoms. The Morgan fingerprint density at radius 2 is 1.56 bits per heavy atom. The average Bonchev–Trinajstić information content (AvgIpc) is 1.97. The lowest BCUT2D eigenvalue weighted by Gasteiger charge is -2.04. The normalized spacial score (nSPS) is 40.7. The molecule has 0 bridgehead atoms. The molecule has 1 saturated heterocycles. The molecule has 0 aromatic carbocycles. The van der Waals surface area contributed by atoms with E-state index >= 15 is 0 Å². The maximum Gasteiger partial charge on any atom is 0.155 e. The average molecular weight is 148 g/mol. The number of hydrogen-bond acceptors (Lipinski definition) is 2. The largest absolute Gasteiger partial charge is 0.333 e. The molecular formula is C6H13O2P. The van der Waals surface area contributed by atoms with Crippen molar-refractivity contribution in [3.05, 3.63) is 0 Å². The fraction of sp³-hybridized carbons (Fsp3) is 1.00. The summed E-state index contributed by atoms with van der Waals surface area (Å²) in [4.78, 5) is 0. The van der Waals surface area contributed by atoms with E-state index in [1.165, 1.54) is 0 Å². The Bertz CT molecular complexity index is 77.1. The van der Waals surface area contributed by atoms with Gasteiger partial charge in [0.05, 0.1) is 12.2 Å². The first-order chi connectivity index (χ1) is 4.29. The maximum absolute atomic E-state index is 5.28. The summed E-state index contributed by atoms with van der Waals surface area (Å²) in [5.41, 5.74) is 0. The van der Waals surface area contributed by atoms with E-state index < -0.39 is 0 Å². The van der Waals surface area contributed by atoms with Gasteiger partial charge in [-0.3, -0.25) is 0 Å². The monoisotopic (exact) mass is 148 g/mol. The molecule has 0 spiro atoms. The molecule has 0 amide bonds. The molecule has 2 unspecified atom stereocenters. The summed E-state index contributed by atoms with van der Waals surface area (Å²) >= 11 is 0. The van der Waals surface area contributed by atoms with Crippen LogP contribution in [-0.2, 0) is 9.05 Å². The molecule has 1 fully saturated rings. The minimum absolute atomic E-state index is 0.255. The van der Waals surface area contributed by atoms with Gasteiger partial charge in [0.25, 0.3) is 0 Å². The van der Waals surface area contributed by atoms with Crippen LogP contribution in [-0.4, -0.2) is 12.2 Å². The van der Waals surface area contributed by atoms with E-state index in [4.69, 9.17) is 9.05 Å². The second-order valence-corrected chi connectivity index (χ2v) is 3.16. The Balaban J connectivity index is 2.25. The van der Waals surface area contributed by atoms with E-state index in [2.05, 4.69) is 13.8 Å². The third-order valence-corrected chi connectivity index (χ3v) is 2.48. The molecule has 1 rings (SSSR count). The molecule has 1 heterocycles. The van der Waals surface area contributed by atoms with Gasteiger partial charge in [-0.15, -0.1) is 0 Å². The van der Waals surface area contributed by atoms with Crippen molar-refractivity contribution in [2.24, 2.45) is 0 Å². The fourth-order valence-corrected chi connectivity index (χ4v) is 1.40. The van der Waals surface area contributed by atoms with Crippen molar-refractivity contribution >= 4 is 9.03 Å². The van der Waals surface area contributed by atoms with Crippen LogP contribution in [0.25, 0.3) is 0 Å². The summed E-state index contributed by atoms with van der Waals surface area (Å²) in [6.07, 6.45) is 3.06. The Morgan fingerprint density at radius 1 is 1.11 bits per heavy atom. The Morgan fingerprint density at radius 3 is 2.00 bits per heavy atom. The van der Waals surface area contributed by atoms with E-state index in [9.17, 15) is 0 Å².